The molecule has 0 aromatic heterocycles. The first-order valence-electron chi connectivity index (χ1n) is 7.48. The molecule has 21 heavy (non-hydrogen) atoms. The average Bonchev–Trinajstić information content (AvgIpc) is 2.48. The van der Waals surface area contributed by atoms with Crippen LogP contribution in [0.5, 0.6) is 0 Å². The number of aryl methyl sites for hydroxylation is 1. The molecule has 1 aliphatic carbocycles. The lowest BCUT2D eigenvalue weighted by atomic mass is 9.94. The van der Waals surface area contributed by atoms with Gasteiger partial charge in [-0.3, -0.25) is 4.79 Å². The molecular weight excluding hydrogens is 271 g/mol. The molecule has 0 radical (unpaired) electrons. The monoisotopic (exact) mass is 294 g/mol. The lowest BCUT2D eigenvalue weighted by Gasteiger charge is -2.26. The van der Waals surface area contributed by atoms with Crippen molar-refractivity contribution in [3.8, 4) is 0 Å². The van der Waals surface area contributed by atoms with Crippen LogP contribution in [0.4, 0.5) is 4.39 Å². The summed E-state index contributed by atoms with van der Waals surface area (Å²) in [7, 11) is 0. The smallest absolute Gasteiger partial charge is 0.251 e. The molecule has 1 aromatic carbocycles. The Morgan fingerprint density at radius 3 is 2.76 bits per heavy atom. The second kappa shape index (κ2) is 7.52. The Bertz CT molecular complexity index is 485. The fraction of sp³-hybridized carbons (Fsp3) is 0.562. The van der Waals surface area contributed by atoms with Crippen LogP contribution < -0.4 is 11.1 Å². The number of ether oxygens (including phenoxy) is 1. The zero-order valence-corrected chi connectivity index (χ0v) is 12.4. The van der Waals surface area contributed by atoms with Crippen molar-refractivity contribution in [2.45, 2.75) is 44.8 Å². The van der Waals surface area contributed by atoms with Gasteiger partial charge in [-0.25, -0.2) is 4.39 Å². The number of nitrogens with one attached hydrogen (secondary N) is 1. The second-order valence-electron chi connectivity index (χ2n) is 5.63. The van der Waals surface area contributed by atoms with Gasteiger partial charge in [-0.1, -0.05) is 6.07 Å². The molecule has 4 nitrogen and oxygen atoms in total. The zero-order valence-electron chi connectivity index (χ0n) is 12.4. The third-order valence-electron chi connectivity index (χ3n) is 3.89. The summed E-state index contributed by atoms with van der Waals surface area (Å²) in [4.78, 5) is 11.9. The average molecular weight is 294 g/mol. The summed E-state index contributed by atoms with van der Waals surface area (Å²) in [6.07, 6.45) is 4.22. The maximum absolute atomic E-state index is 13.4. The molecule has 3 N–H and O–H groups in total. The van der Waals surface area contributed by atoms with E-state index >= 15 is 0 Å². The first-order chi connectivity index (χ1) is 10.1. The number of amides is 1. The third-order valence-corrected chi connectivity index (χ3v) is 3.89. The summed E-state index contributed by atoms with van der Waals surface area (Å²) in [5.41, 5.74) is 6.70. The highest BCUT2D eigenvalue weighted by Gasteiger charge is 2.18. The van der Waals surface area contributed by atoms with Crippen LogP contribution in [-0.2, 0) is 4.74 Å². The van der Waals surface area contributed by atoms with Crippen LogP contribution >= 0.6 is 0 Å². The normalized spacial score (nSPS) is 22.0. The molecular formula is C16H23FN2O2. The quantitative estimate of drug-likeness (QED) is 0.818. The van der Waals surface area contributed by atoms with Crippen molar-refractivity contribution in [3.63, 3.8) is 0 Å². The number of carbonyl (C=O) groups excluding carboxylic acids is 1. The maximum Gasteiger partial charge on any atom is 0.251 e. The van der Waals surface area contributed by atoms with E-state index in [1.807, 2.05) is 0 Å². The standard InChI is InChI=1S/C16H23FN2O2/c1-11-2-3-12(10-15(11)17)16(20)19-8-9-21-14-6-4-13(18)5-7-14/h2-3,10,13-14H,4-9,18H2,1H3,(H,19,20). The molecule has 0 heterocycles. The fourth-order valence-corrected chi connectivity index (χ4v) is 2.48. The highest BCUT2D eigenvalue weighted by molar-refractivity contribution is 5.94. The molecule has 5 heteroatoms. The minimum Gasteiger partial charge on any atom is -0.376 e. The van der Waals surface area contributed by atoms with E-state index in [2.05, 4.69) is 5.32 Å². The van der Waals surface area contributed by atoms with Crippen LogP contribution in [0.2, 0.25) is 0 Å². The SMILES string of the molecule is Cc1ccc(C(=O)NCCOC2CCC(N)CC2)cc1F. The number of rotatable bonds is 5. The predicted octanol–water partition coefficient (Wildman–Crippen LogP) is 2.15. The van der Waals surface area contributed by atoms with Gasteiger partial charge in [0, 0.05) is 18.2 Å². The largest absolute Gasteiger partial charge is 0.376 e. The molecule has 1 aromatic rings. The van der Waals surface area contributed by atoms with E-state index in [1.54, 1.807) is 19.1 Å². The Morgan fingerprint density at radius 1 is 1.38 bits per heavy atom. The molecule has 2 rings (SSSR count). The number of hydrogen-bond donors (Lipinski definition) is 2. The van der Waals surface area contributed by atoms with Gasteiger partial charge in [-0.05, 0) is 50.3 Å². The van der Waals surface area contributed by atoms with Crippen molar-refractivity contribution in [2.24, 2.45) is 5.73 Å². The Labute approximate surface area is 124 Å². The highest BCUT2D eigenvalue weighted by atomic mass is 19.1. The summed E-state index contributed by atoms with van der Waals surface area (Å²) < 4.78 is 19.1. The minimum atomic E-state index is -0.363. The molecule has 1 aliphatic rings. The van der Waals surface area contributed by atoms with Gasteiger partial charge < -0.3 is 15.8 Å². The van der Waals surface area contributed by atoms with Gasteiger partial charge in [0.05, 0.1) is 12.7 Å². The number of benzene rings is 1. The van der Waals surface area contributed by atoms with Crippen LogP contribution in [0.25, 0.3) is 0 Å². The van der Waals surface area contributed by atoms with E-state index in [0.29, 0.717) is 30.3 Å². The summed E-state index contributed by atoms with van der Waals surface area (Å²) in [6, 6.07) is 4.79. The first-order valence-corrected chi connectivity index (χ1v) is 7.48. The van der Waals surface area contributed by atoms with E-state index in [9.17, 15) is 9.18 Å². The number of hydrogen-bond acceptors (Lipinski definition) is 3. The lowest BCUT2D eigenvalue weighted by Crippen LogP contribution is -2.33. The Kier molecular flexibility index (Phi) is 5.70. The molecule has 1 amide bonds. The van der Waals surface area contributed by atoms with Crippen LogP contribution in [0, 0.1) is 12.7 Å². The summed E-state index contributed by atoms with van der Waals surface area (Å²) in [5.74, 6) is -0.638. The lowest BCUT2D eigenvalue weighted by molar-refractivity contribution is 0.0267. The molecule has 1 saturated carbocycles. The molecule has 1 fully saturated rings. The fourth-order valence-electron chi connectivity index (χ4n) is 2.48. The van der Waals surface area contributed by atoms with E-state index < -0.39 is 0 Å². The Hall–Kier alpha value is -1.46. The van der Waals surface area contributed by atoms with E-state index in [4.69, 9.17) is 10.5 Å². The molecule has 116 valence electrons. The molecule has 0 spiro atoms. The third kappa shape index (κ3) is 4.79. The van der Waals surface area contributed by atoms with Crippen molar-refractivity contribution >= 4 is 5.91 Å². The van der Waals surface area contributed by atoms with Crippen molar-refractivity contribution in [3.05, 3.63) is 35.1 Å². The van der Waals surface area contributed by atoms with Gasteiger partial charge in [0.25, 0.3) is 5.91 Å². The molecule has 0 unspecified atom stereocenters. The van der Waals surface area contributed by atoms with E-state index in [0.717, 1.165) is 25.7 Å². The number of nitrogens with two attached hydrogens (primary N) is 1. The van der Waals surface area contributed by atoms with Crippen LogP contribution in [-0.4, -0.2) is 31.2 Å². The molecule has 0 aliphatic heterocycles. The number of carbonyl (C=O) groups is 1. The zero-order chi connectivity index (χ0) is 15.2. The topological polar surface area (TPSA) is 64.3 Å². The van der Waals surface area contributed by atoms with Crippen molar-refractivity contribution in [1.82, 2.24) is 5.32 Å². The maximum atomic E-state index is 13.4. The minimum absolute atomic E-state index is 0.249. The van der Waals surface area contributed by atoms with Crippen LogP contribution in [0.3, 0.4) is 0 Å². The highest BCUT2D eigenvalue weighted by Crippen LogP contribution is 2.19. The van der Waals surface area contributed by atoms with Gasteiger partial charge >= 0.3 is 0 Å². The van der Waals surface area contributed by atoms with E-state index in [-0.39, 0.29) is 17.8 Å². The predicted molar refractivity (Wildman–Crippen MR) is 79.7 cm³/mol. The van der Waals surface area contributed by atoms with Gasteiger partial charge in [0.1, 0.15) is 5.82 Å². The van der Waals surface area contributed by atoms with Gasteiger partial charge in [-0.2, -0.15) is 0 Å². The molecule has 0 saturated heterocycles. The molecule has 0 bridgehead atoms. The van der Waals surface area contributed by atoms with Crippen LogP contribution in [0.1, 0.15) is 41.6 Å². The summed E-state index contributed by atoms with van der Waals surface area (Å²) in [5, 5.41) is 2.74. The van der Waals surface area contributed by atoms with Crippen LogP contribution in [0.15, 0.2) is 18.2 Å². The van der Waals surface area contributed by atoms with Crippen molar-refractivity contribution < 1.29 is 13.9 Å². The molecule has 0 atom stereocenters. The van der Waals surface area contributed by atoms with Gasteiger partial charge in [0.15, 0.2) is 0 Å². The Balaban J connectivity index is 1.68. The second-order valence-corrected chi connectivity index (χ2v) is 5.63. The number of halogens is 1. The van der Waals surface area contributed by atoms with Crippen molar-refractivity contribution in [2.75, 3.05) is 13.2 Å². The van der Waals surface area contributed by atoms with Crippen molar-refractivity contribution in [1.29, 1.82) is 0 Å². The summed E-state index contributed by atoms with van der Waals surface area (Å²) >= 11 is 0. The summed E-state index contributed by atoms with van der Waals surface area (Å²) in [6.45, 7) is 2.57. The first kappa shape index (κ1) is 15.9. The van der Waals surface area contributed by atoms with Gasteiger partial charge in [-0.15, -0.1) is 0 Å². The van der Waals surface area contributed by atoms with Gasteiger partial charge in [0.2, 0.25) is 0 Å². The Morgan fingerprint density at radius 2 is 2.10 bits per heavy atom. The van der Waals surface area contributed by atoms with E-state index in [1.165, 1.54) is 6.07 Å².